The lowest BCUT2D eigenvalue weighted by Crippen LogP contribution is -2.06. The monoisotopic (exact) mass is 137 g/mol. The van der Waals surface area contributed by atoms with Crippen molar-refractivity contribution in [3.63, 3.8) is 0 Å². The van der Waals surface area contributed by atoms with Gasteiger partial charge in [0.1, 0.15) is 0 Å². The minimum atomic E-state index is 0.638. The van der Waals surface area contributed by atoms with E-state index in [1.165, 1.54) is 0 Å². The van der Waals surface area contributed by atoms with Gasteiger partial charge in [-0.15, -0.1) is 0 Å². The summed E-state index contributed by atoms with van der Waals surface area (Å²) in [6.45, 7) is 2.58. The maximum atomic E-state index is 5.36. The second-order valence-corrected chi connectivity index (χ2v) is 2.13. The molecule has 0 amide bonds. The maximum Gasteiger partial charge on any atom is 0.0628 e. The Kier molecular flexibility index (Phi) is 2.34. The second-order valence-electron chi connectivity index (χ2n) is 2.13. The van der Waals surface area contributed by atoms with Crippen molar-refractivity contribution in [1.29, 1.82) is 0 Å². The molecule has 0 spiro atoms. The molecule has 10 heavy (non-hydrogen) atoms. The molecule has 0 bridgehead atoms. The summed E-state index contributed by atoms with van der Waals surface area (Å²) in [5.74, 6) is 0. The van der Waals surface area contributed by atoms with E-state index in [1.54, 1.807) is 12.4 Å². The van der Waals surface area contributed by atoms with E-state index in [0.717, 1.165) is 17.8 Å². The molecule has 0 atom stereocenters. The molecule has 0 aliphatic heterocycles. The van der Waals surface area contributed by atoms with Crippen LogP contribution in [-0.4, -0.2) is 16.5 Å². The van der Waals surface area contributed by atoms with Gasteiger partial charge in [-0.1, -0.05) is 0 Å². The van der Waals surface area contributed by atoms with E-state index in [-0.39, 0.29) is 0 Å². The third-order valence-corrected chi connectivity index (χ3v) is 1.36. The maximum absolute atomic E-state index is 5.36. The summed E-state index contributed by atoms with van der Waals surface area (Å²) in [6, 6.07) is 0. The Bertz CT molecular complexity index is 210. The van der Waals surface area contributed by atoms with E-state index < -0.39 is 0 Å². The van der Waals surface area contributed by atoms with E-state index in [9.17, 15) is 0 Å². The number of aromatic nitrogens is 2. The zero-order valence-corrected chi connectivity index (χ0v) is 6.04. The van der Waals surface area contributed by atoms with E-state index in [2.05, 4.69) is 9.97 Å². The van der Waals surface area contributed by atoms with Crippen LogP contribution in [0.3, 0.4) is 0 Å². The second kappa shape index (κ2) is 3.27. The van der Waals surface area contributed by atoms with Gasteiger partial charge in [0.05, 0.1) is 11.4 Å². The van der Waals surface area contributed by atoms with Crippen molar-refractivity contribution in [2.75, 3.05) is 6.54 Å². The van der Waals surface area contributed by atoms with Crippen molar-refractivity contribution in [1.82, 2.24) is 9.97 Å². The van der Waals surface area contributed by atoms with Gasteiger partial charge >= 0.3 is 0 Å². The van der Waals surface area contributed by atoms with Crippen LogP contribution in [0.4, 0.5) is 0 Å². The fraction of sp³-hybridized carbons (Fsp3) is 0.429. The summed E-state index contributed by atoms with van der Waals surface area (Å²) in [4.78, 5) is 8.21. The van der Waals surface area contributed by atoms with E-state index in [4.69, 9.17) is 5.73 Å². The Labute approximate surface area is 60.3 Å². The number of nitrogens with zero attached hydrogens (tertiary/aromatic N) is 2. The fourth-order valence-electron chi connectivity index (χ4n) is 0.819. The molecule has 54 valence electrons. The van der Waals surface area contributed by atoms with Gasteiger partial charge in [-0.2, -0.15) is 0 Å². The first-order valence-electron chi connectivity index (χ1n) is 3.31. The summed E-state index contributed by atoms with van der Waals surface area (Å²) >= 11 is 0. The highest BCUT2D eigenvalue weighted by Gasteiger charge is 1.95. The molecular formula is C7H11N3. The molecule has 0 fully saturated rings. The van der Waals surface area contributed by atoms with Gasteiger partial charge in [-0.3, -0.25) is 9.97 Å². The highest BCUT2D eigenvalue weighted by Crippen LogP contribution is 1.97. The average Bonchev–Trinajstić information content (AvgIpc) is 1.94. The average molecular weight is 137 g/mol. The summed E-state index contributed by atoms with van der Waals surface area (Å²) in [7, 11) is 0. The molecule has 0 aliphatic rings. The predicted molar refractivity (Wildman–Crippen MR) is 39.5 cm³/mol. The van der Waals surface area contributed by atoms with Crippen molar-refractivity contribution in [3.8, 4) is 0 Å². The molecule has 0 aliphatic carbocycles. The van der Waals surface area contributed by atoms with Crippen LogP contribution in [0, 0.1) is 6.92 Å². The molecule has 0 radical (unpaired) electrons. The number of hydrogen-bond donors (Lipinski definition) is 1. The van der Waals surface area contributed by atoms with Crippen LogP contribution in [0.15, 0.2) is 12.4 Å². The Morgan fingerprint density at radius 3 is 2.70 bits per heavy atom. The zero-order chi connectivity index (χ0) is 7.40. The van der Waals surface area contributed by atoms with Gasteiger partial charge in [0.25, 0.3) is 0 Å². The van der Waals surface area contributed by atoms with Gasteiger partial charge in [-0.05, 0) is 13.5 Å². The van der Waals surface area contributed by atoms with Crippen LogP contribution < -0.4 is 5.73 Å². The smallest absolute Gasteiger partial charge is 0.0628 e. The number of nitrogens with two attached hydrogens (primary N) is 1. The molecule has 1 heterocycles. The molecule has 0 saturated carbocycles. The Morgan fingerprint density at radius 2 is 2.10 bits per heavy atom. The van der Waals surface area contributed by atoms with Gasteiger partial charge in [-0.25, -0.2) is 0 Å². The normalized spacial score (nSPS) is 9.80. The van der Waals surface area contributed by atoms with Gasteiger partial charge in [0.15, 0.2) is 0 Å². The van der Waals surface area contributed by atoms with Crippen LogP contribution in [0.25, 0.3) is 0 Å². The van der Waals surface area contributed by atoms with Crippen LogP contribution in [0.5, 0.6) is 0 Å². The topological polar surface area (TPSA) is 51.8 Å². The SMILES string of the molecule is Cc1nccnc1CCN. The van der Waals surface area contributed by atoms with Crippen molar-refractivity contribution in [2.45, 2.75) is 13.3 Å². The lowest BCUT2D eigenvalue weighted by molar-refractivity contribution is 0.886. The molecule has 2 N–H and O–H groups in total. The predicted octanol–water partition coefficient (Wildman–Crippen LogP) is 0.286. The first-order chi connectivity index (χ1) is 4.84. The highest BCUT2D eigenvalue weighted by atomic mass is 14.8. The lowest BCUT2D eigenvalue weighted by atomic mass is 10.2. The van der Waals surface area contributed by atoms with Crippen LogP contribution in [0.2, 0.25) is 0 Å². The zero-order valence-electron chi connectivity index (χ0n) is 6.04. The molecular weight excluding hydrogens is 126 g/mol. The summed E-state index contributed by atoms with van der Waals surface area (Å²) in [5.41, 5.74) is 7.35. The standard InChI is InChI=1S/C7H11N3/c1-6-7(2-3-8)10-5-4-9-6/h4-5H,2-3,8H2,1H3. The molecule has 0 saturated heterocycles. The first-order valence-corrected chi connectivity index (χ1v) is 3.31. The third kappa shape index (κ3) is 1.51. The number of hydrogen-bond acceptors (Lipinski definition) is 3. The minimum Gasteiger partial charge on any atom is -0.330 e. The number of rotatable bonds is 2. The molecule has 3 heteroatoms. The Balaban J connectivity index is 2.81. The van der Waals surface area contributed by atoms with Crippen LogP contribution >= 0.6 is 0 Å². The molecule has 0 unspecified atom stereocenters. The minimum absolute atomic E-state index is 0.638. The quantitative estimate of drug-likeness (QED) is 0.637. The molecule has 1 rings (SSSR count). The van der Waals surface area contributed by atoms with Crippen LogP contribution in [0.1, 0.15) is 11.4 Å². The summed E-state index contributed by atoms with van der Waals surface area (Å²) in [6.07, 6.45) is 4.20. The molecule has 1 aromatic rings. The van der Waals surface area contributed by atoms with Crippen LogP contribution in [-0.2, 0) is 6.42 Å². The fourth-order valence-corrected chi connectivity index (χ4v) is 0.819. The molecule has 0 aromatic carbocycles. The summed E-state index contributed by atoms with van der Waals surface area (Å²) < 4.78 is 0. The lowest BCUT2D eigenvalue weighted by Gasteiger charge is -1.98. The van der Waals surface area contributed by atoms with E-state index >= 15 is 0 Å². The number of aryl methyl sites for hydroxylation is 1. The molecule has 3 nitrogen and oxygen atoms in total. The van der Waals surface area contributed by atoms with E-state index in [1.807, 2.05) is 6.92 Å². The molecule has 1 aromatic heterocycles. The van der Waals surface area contributed by atoms with E-state index in [0.29, 0.717) is 6.54 Å². The van der Waals surface area contributed by atoms with Crippen molar-refractivity contribution < 1.29 is 0 Å². The Hall–Kier alpha value is -0.960. The van der Waals surface area contributed by atoms with Gasteiger partial charge < -0.3 is 5.73 Å². The largest absolute Gasteiger partial charge is 0.330 e. The van der Waals surface area contributed by atoms with Crippen molar-refractivity contribution in [3.05, 3.63) is 23.8 Å². The van der Waals surface area contributed by atoms with Crippen molar-refractivity contribution in [2.24, 2.45) is 5.73 Å². The summed E-state index contributed by atoms with van der Waals surface area (Å²) in [5, 5.41) is 0. The van der Waals surface area contributed by atoms with Crippen molar-refractivity contribution >= 4 is 0 Å². The first kappa shape index (κ1) is 7.15. The highest BCUT2D eigenvalue weighted by molar-refractivity contribution is 5.08. The Morgan fingerprint density at radius 1 is 1.40 bits per heavy atom. The van der Waals surface area contributed by atoms with Gasteiger partial charge in [0, 0.05) is 18.8 Å². The third-order valence-electron chi connectivity index (χ3n) is 1.36. The van der Waals surface area contributed by atoms with Gasteiger partial charge in [0.2, 0.25) is 0 Å².